The number of likely N-dealkylation sites (N-methyl/N-ethyl adjacent to an activating group) is 1. The van der Waals surface area contributed by atoms with Gasteiger partial charge in [-0.3, -0.25) is 4.90 Å². The molecule has 0 amide bonds. The molecule has 0 radical (unpaired) electrons. The van der Waals surface area contributed by atoms with Crippen LogP contribution in [-0.4, -0.2) is 24.0 Å². The zero-order chi connectivity index (χ0) is 11.6. The standard InChI is InChI=1S/C14H22N2/c1-4-14(5-2)11-15-13-9-7-6-8-12(13)10-16(14)3/h6-9,15H,4-5,10-11H2,1-3H3. The van der Waals surface area contributed by atoms with E-state index < -0.39 is 0 Å². The molecule has 88 valence electrons. The van der Waals surface area contributed by atoms with Crippen molar-refractivity contribution in [2.45, 2.75) is 38.8 Å². The van der Waals surface area contributed by atoms with Crippen LogP contribution in [0, 0.1) is 0 Å². The minimum atomic E-state index is 0.305. The number of hydrogen-bond acceptors (Lipinski definition) is 2. The maximum absolute atomic E-state index is 3.61. The molecule has 1 heterocycles. The van der Waals surface area contributed by atoms with Crippen molar-refractivity contribution in [3.63, 3.8) is 0 Å². The molecule has 2 nitrogen and oxygen atoms in total. The van der Waals surface area contributed by atoms with Crippen LogP contribution in [0.15, 0.2) is 24.3 Å². The topological polar surface area (TPSA) is 15.3 Å². The molecule has 16 heavy (non-hydrogen) atoms. The molecule has 0 bridgehead atoms. The molecule has 1 aromatic carbocycles. The number of benzene rings is 1. The molecular weight excluding hydrogens is 196 g/mol. The number of nitrogens with one attached hydrogen (secondary N) is 1. The highest BCUT2D eigenvalue weighted by atomic mass is 15.2. The highest BCUT2D eigenvalue weighted by Crippen LogP contribution is 2.30. The fourth-order valence-electron chi connectivity index (χ4n) is 2.69. The number of hydrogen-bond donors (Lipinski definition) is 1. The normalized spacial score (nSPS) is 19.7. The lowest BCUT2D eigenvalue weighted by Crippen LogP contribution is -2.48. The van der Waals surface area contributed by atoms with Crippen LogP contribution in [0.25, 0.3) is 0 Å². The van der Waals surface area contributed by atoms with Gasteiger partial charge in [0.15, 0.2) is 0 Å². The van der Waals surface area contributed by atoms with Crippen LogP contribution < -0.4 is 5.32 Å². The van der Waals surface area contributed by atoms with E-state index in [4.69, 9.17) is 0 Å². The second-order valence-electron chi connectivity index (χ2n) is 4.80. The van der Waals surface area contributed by atoms with E-state index >= 15 is 0 Å². The first-order valence-electron chi connectivity index (χ1n) is 6.25. The Hall–Kier alpha value is -1.02. The van der Waals surface area contributed by atoms with Crippen molar-refractivity contribution in [3.05, 3.63) is 29.8 Å². The number of para-hydroxylation sites is 1. The molecule has 0 atom stereocenters. The Bertz CT molecular complexity index is 356. The number of nitrogens with zero attached hydrogens (tertiary/aromatic N) is 1. The van der Waals surface area contributed by atoms with Gasteiger partial charge in [-0.2, -0.15) is 0 Å². The summed E-state index contributed by atoms with van der Waals surface area (Å²) in [7, 11) is 2.25. The van der Waals surface area contributed by atoms with Gasteiger partial charge in [0, 0.05) is 24.3 Å². The second-order valence-corrected chi connectivity index (χ2v) is 4.80. The Kier molecular flexibility index (Phi) is 3.20. The number of fused-ring (bicyclic) bond motifs is 1. The molecule has 0 aromatic heterocycles. The van der Waals surface area contributed by atoms with Gasteiger partial charge in [-0.1, -0.05) is 32.0 Å². The summed E-state index contributed by atoms with van der Waals surface area (Å²) in [4.78, 5) is 2.51. The molecule has 0 fully saturated rings. The summed E-state index contributed by atoms with van der Waals surface area (Å²) in [6.07, 6.45) is 2.39. The van der Waals surface area contributed by atoms with Gasteiger partial charge in [0.05, 0.1) is 0 Å². The maximum atomic E-state index is 3.61. The van der Waals surface area contributed by atoms with E-state index in [1.54, 1.807) is 0 Å². The average Bonchev–Trinajstić information content (AvgIpc) is 2.46. The summed E-state index contributed by atoms with van der Waals surface area (Å²) in [5.41, 5.74) is 3.02. The molecule has 1 aliphatic rings. The first kappa shape index (κ1) is 11.5. The molecule has 0 aliphatic carbocycles. The van der Waals surface area contributed by atoms with Crippen molar-refractivity contribution in [2.75, 3.05) is 18.9 Å². The van der Waals surface area contributed by atoms with Crippen molar-refractivity contribution in [1.82, 2.24) is 4.90 Å². The Labute approximate surface area is 98.7 Å². The molecule has 0 unspecified atom stereocenters. The predicted octanol–water partition coefficient (Wildman–Crippen LogP) is 3.10. The molecule has 0 saturated heterocycles. The first-order chi connectivity index (χ1) is 7.72. The quantitative estimate of drug-likeness (QED) is 0.820. The Balaban J connectivity index is 2.31. The van der Waals surface area contributed by atoms with E-state index in [9.17, 15) is 0 Å². The second kappa shape index (κ2) is 4.46. The minimum Gasteiger partial charge on any atom is -0.383 e. The lowest BCUT2D eigenvalue weighted by atomic mass is 9.91. The van der Waals surface area contributed by atoms with Crippen molar-refractivity contribution >= 4 is 5.69 Å². The summed E-state index contributed by atoms with van der Waals surface area (Å²) < 4.78 is 0. The molecule has 0 spiro atoms. The minimum absolute atomic E-state index is 0.305. The highest BCUT2D eigenvalue weighted by molar-refractivity contribution is 5.52. The summed E-state index contributed by atoms with van der Waals surface area (Å²) in [5.74, 6) is 0. The smallest absolute Gasteiger partial charge is 0.0386 e. The van der Waals surface area contributed by atoms with Gasteiger partial charge in [0.25, 0.3) is 0 Å². The Morgan fingerprint density at radius 2 is 1.94 bits per heavy atom. The molecule has 1 aliphatic heterocycles. The molecule has 2 heteroatoms. The number of rotatable bonds is 2. The van der Waals surface area contributed by atoms with Crippen LogP contribution in [-0.2, 0) is 6.54 Å². The maximum Gasteiger partial charge on any atom is 0.0386 e. The molecule has 1 N–H and O–H groups in total. The molecule has 0 saturated carbocycles. The van der Waals surface area contributed by atoms with Gasteiger partial charge in [-0.25, -0.2) is 0 Å². The Morgan fingerprint density at radius 3 is 2.62 bits per heavy atom. The predicted molar refractivity (Wildman–Crippen MR) is 69.7 cm³/mol. The zero-order valence-corrected chi connectivity index (χ0v) is 10.6. The van der Waals surface area contributed by atoms with Crippen molar-refractivity contribution in [1.29, 1.82) is 0 Å². The van der Waals surface area contributed by atoms with Gasteiger partial charge >= 0.3 is 0 Å². The van der Waals surface area contributed by atoms with E-state index in [2.05, 4.69) is 55.4 Å². The summed E-state index contributed by atoms with van der Waals surface area (Å²) in [6.45, 7) is 6.67. The highest BCUT2D eigenvalue weighted by Gasteiger charge is 2.33. The third kappa shape index (κ3) is 1.82. The third-order valence-electron chi connectivity index (χ3n) is 4.16. The Morgan fingerprint density at radius 1 is 1.25 bits per heavy atom. The van der Waals surface area contributed by atoms with E-state index in [0.717, 1.165) is 13.1 Å². The number of anilines is 1. The van der Waals surface area contributed by atoms with Crippen molar-refractivity contribution in [2.24, 2.45) is 0 Å². The summed E-state index contributed by atoms with van der Waals surface area (Å²) in [6, 6.07) is 8.64. The fourth-order valence-corrected chi connectivity index (χ4v) is 2.69. The molecular formula is C14H22N2. The largest absolute Gasteiger partial charge is 0.383 e. The van der Waals surface area contributed by atoms with E-state index in [1.165, 1.54) is 24.1 Å². The van der Waals surface area contributed by atoms with Crippen LogP contribution in [0.1, 0.15) is 32.3 Å². The van der Waals surface area contributed by atoms with Gasteiger partial charge in [0.2, 0.25) is 0 Å². The van der Waals surface area contributed by atoms with E-state index in [-0.39, 0.29) is 0 Å². The van der Waals surface area contributed by atoms with Crippen LogP contribution in [0.3, 0.4) is 0 Å². The SMILES string of the molecule is CCC1(CC)CNc2ccccc2CN1C. The van der Waals surface area contributed by atoms with Gasteiger partial charge in [0.1, 0.15) is 0 Å². The first-order valence-corrected chi connectivity index (χ1v) is 6.25. The van der Waals surface area contributed by atoms with Crippen LogP contribution in [0.4, 0.5) is 5.69 Å². The molecule has 1 aromatic rings. The van der Waals surface area contributed by atoms with Crippen molar-refractivity contribution in [3.8, 4) is 0 Å². The van der Waals surface area contributed by atoms with Gasteiger partial charge in [-0.15, -0.1) is 0 Å². The molecule has 2 rings (SSSR count). The van der Waals surface area contributed by atoms with Crippen molar-refractivity contribution < 1.29 is 0 Å². The average molecular weight is 218 g/mol. The van der Waals surface area contributed by atoms with E-state index in [0.29, 0.717) is 5.54 Å². The van der Waals surface area contributed by atoms with Gasteiger partial charge < -0.3 is 5.32 Å². The third-order valence-corrected chi connectivity index (χ3v) is 4.16. The van der Waals surface area contributed by atoms with Crippen LogP contribution in [0.5, 0.6) is 0 Å². The van der Waals surface area contributed by atoms with Crippen LogP contribution in [0.2, 0.25) is 0 Å². The summed E-state index contributed by atoms with van der Waals surface area (Å²) >= 11 is 0. The van der Waals surface area contributed by atoms with Gasteiger partial charge in [-0.05, 0) is 31.5 Å². The lowest BCUT2D eigenvalue weighted by molar-refractivity contribution is 0.116. The lowest BCUT2D eigenvalue weighted by Gasteiger charge is -2.39. The summed E-state index contributed by atoms with van der Waals surface area (Å²) in [5, 5.41) is 3.61. The monoisotopic (exact) mass is 218 g/mol. The van der Waals surface area contributed by atoms with Crippen LogP contribution >= 0.6 is 0 Å². The fraction of sp³-hybridized carbons (Fsp3) is 0.571. The van der Waals surface area contributed by atoms with E-state index in [1.807, 2.05) is 0 Å². The zero-order valence-electron chi connectivity index (χ0n) is 10.6.